The normalized spacial score (nSPS) is 14.9. The van der Waals surface area contributed by atoms with E-state index in [-0.39, 0.29) is 36.1 Å². The Hall–Kier alpha value is -3.39. The third-order valence-corrected chi connectivity index (χ3v) is 7.31. The van der Waals surface area contributed by atoms with Crippen molar-refractivity contribution in [2.45, 2.75) is 26.3 Å². The predicted octanol–water partition coefficient (Wildman–Crippen LogP) is 5.18. The van der Waals surface area contributed by atoms with Gasteiger partial charge in [-0.2, -0.15) is 0 Å². The fourth-order valence-corrected chi connectivity index (χ4v) is 5.55. The first kappa shape index (κ1) is 25.7. The Balaban J connectivity index is 1.63. The van der Waals surface area contributed by atoms with E-state index in [9.17, 15) is 14.0 Å². The number of fused-ring (bicyclic) bond motifs is 1. The summed E-state index contributed by atoms with van der Waals surface area (Å²) in [5.74, 6) is 0.386. The van der Waals surface area contributed by atoms with Gasteiger partial charge >= 0.3 is 0 Å². The molecule has 1 unspecified atom stereocenters. The third-order valence-electron chi connectivity index (χ3n) is 6.31. The van der Waals surface area contributed by atoms with Crippen molar-refractivity contribution in [2.75, 3.05) is 33.9 Å². The highest BCUT2D eigenvalue weighted by molar-refractivity contribution is 7.10. The van der Waals surface area contributed by atoms with Gasteiger partial charge in [0.25, 0.3) is 5.91 Å². The van der Waals surface area contributed by atoms with Crippen LogP contribution in [0.4, 0.5) is 4.39 Å². The molecule has 0 radical (unpaired) electrons. The Morgan fingerprint density at radius 3 is 2.53 bits per heavy atom. The topological polar surface area (TPSA) is 59.1 Å². The molecule has 1 aliphatic heterocycles. The van der Waals surface area contributed by atoms with Crippen molar-refractivity contribution >= 4 is 23.2 Å². The van der Waals surface area contributed by atoms with Crippen LogP contribution >= 0.6 is 11.3 Å². The van der Waals surface area contributed by atoms with Crippen molar-refractivity contribution < 1.29 is 23.5 Å². The van der Waals surface area contributed by atoms with E-state index in [0.717, 1.165) is 17.5 Å². The van der Waals surface area contributed by atoms with Gasteiger partial charge < -0.3 is 19.3 Å². The summed E-state index contributed by atoms with van der Waals surface area (Å²) in [5, 5.41) is 2.03. The third kappa shape index (κ3) is 5.38. The van der Waals surface area contributed by atoms with E-state index in [1.54, 1.807) is 53.7 Å². The predicted molar refractivity (Wildman–Crippen MR) is 138 cm³/mol. The van der Waals surface area contributed by atoms with Crippen LogP contribution in [-0.4, -0.2) is 55.5 Å². The molecular weight excluding hydrogens is 479 g/mol. The first-order valence-electron chi connectivity index (χ1n) is 11.9. The first-order chi connectivity index (χ1) is 17.3. The molecule has 36 heavy (non-hydrogen) atoms. The standard InChI is InChI=1S/C28H31FN2O4S/c1-18(2)16-30(28(33)22-10-9-21(34-3)15-24(22)35-4)17-26(32)31-13-11-25-23(12-14-36-25)27(31)19-5-7-20(29)8-6-19/h5-10,12,14-15,18,27H,11,13,16-17H2,1-4H3. The molecule has 2 heterocycles. The van der Waals surface area contributed by atoms with E-state index in [4.69, 9.17) is 9.47 Å². The second-order valence-corrected chi connectivity index (χ2v) is 10.2. The number of methoxy groups -OCH3 is 2. The molecule has 1 aromatic heterocycles. The van der Waals surface area contributed by atoms with E-state index < -0.39 is 0 Å². The molecule has 4 rings (SSSR count). The number of carbonyl (C=O) groups is 2. The molecule has 190 valence electrons. The number of carbonyl (C=O) groups excluding carboxylic acids is 2. The van der Waals surface area contributed by atoms with Gasteiger partial charge in [-0.25, -0.2) is 4.39 Å². The number of hydrogen-bond donors (Lipinski definition) is 0. The summed E-state index contributed by atoms with van der Waals surface area (Å²) in [6, 6.07) is 13.0. The van der Waals surface area contributed by atoms with E-state index in [1.807, 2.05) is 30.2 Å². The van der Waals surface area contributed by atoms with Crippen LogP contribution in [0.5, 0.6) is 11.5 Å². The van der Waals surface area contributed by atoms with Gasteiger partial charge in [-0.15, -0.1) is 11.3 Å². The van der Waals surface area contributed by atoms with Crippen molar-refractivity contribution in [2.24, 2.45) is 5.92 Å². The number of rotatable bonds is 8. The lowest BCUT2D eigenvalue weighted by Gasteiger charge is -2.38. The maximum atomic E-state index is 13.8. The summed E-state index contributed by atoms with van der Waals surface area (Å²) in [7, 11) is 3.05. The summed E-state index contributed by atoms with van der Waals surface area (Å²) >= 11 is 1.67. The summed E-state index contributed by atoms with van der Waals surface area (Å²) < 4.78 is 24.4. The minimum absolute atomic E-state index is 0.0661. The van der Waals surface area contributed by atoms with Crippen LogP contribution in [-0.2, 0) is 11.2 Å². The zero-order chi connectivity index (χ0) is 25.8. The summed E-state index contributed by atoms with van der Waals surface area (Å²) in [6.07, 6.45) is 0.751. The number of halogens is 1. The zero-order valence-electron chi connectivity index (χ0n) is 21.0. The maximum absolute atomic E-state index is 13.8. The zero-order valence-corrected chi connectivity index (χ0v) is 21.8. The highest BCUT2D eigenvalue weighted by atomic mass is 32.1. The molecular formula is C28H31FN2O4S. The van der Waals surface area contributed by atoms with Crippen LogP contribution in [0.15, 0.2) is 53.9 Å². The Morgan fingerprint density at radius 1 is 1.11 bits per heavy atom. The van der Waals surface area contributed by atoms with Crippen LogP contribution in [0.2, 0.25) is 0 Å². The Labute approximate surface area is 215 Å². The molecule has 0 bridgehead atoms. The number of benzene rings is 2. The number of ether oxygens (including phenoxy) is 2. The smallest absolute Gasteiger partial charge is 0.258 e. The summed E-state index contributed by atoms with van der Waals surface area (Å²) in [5.41, 5.74) is 2.29. The molecule has 8 heteroatoms. The van der Waals surface area contributed by atoms with Gasteiger partial charge in [0, 0.05) is 24.0 Å². The molecule has 0 spiro atoms. The largest absolute Gasteiger partial charge is 0.497 e. The second kappa shape index (κ2) is 11.1. The Bertz CT molecular complexity index is 1220. The van der Waals surface area contributed by atoms with E-state index in [1.165, 1.54) is 24.1 Å². The molecule has 0 saturated heterocycles. The lowest BCUT2D eigenvalue weighted by atomic mass is 9.93. The van der Waals surface area contributed by atoms with Crippen molar-refractivity contribution in [3.8, 4) is 11.5 Å². The highest BCUT2D eigenvalue weighted by Crippen LogP contribution is 2.38. The molecule has 0 aliphatic carbocycles. The number of amides is 2. The second-order valence-electron chi connectivity index (χ2n) is 9.24. The van der Waals surface area contributed by atoms with Crippen molar-refractivity contribution in [3.63, 3.8) is 0 Å². The van der Waals surface area contributed by atoms with Gasteiger partial charge in [0.1, 0.15) is 23.9 Å². The fourth-order valence-electron chi connectivity index (χ4n) is 4.65. The maximum Gasteiger partial charge on any atom is 0.258 e. The van der Waals surface area contributed by atoms with Crippen LogP contribution in [0.25, 0.3) is 0 Å². The fraction of sp³-hybridized carbons (Fsp3) is 0.357. The van der Waals surface area contributed by atoms with Gasteiger partial charge in [-0.3, -0.25) is 9.59 Å². The van der Waals surface area contributed by atoms with Gasteiger partial charge in [0.15, 0.2) is 0 Å². The van der Waals surface area contributed by atoms with E-state index in [0.29, 0.717) is 30.2 Å². The van der Waals surface area contributed by atoms with Gasteiger partial charge in [0.2, 0.25) is 5.91 Å². The first-order valence-corrected chi connectivity index (χ1v) is 12.8. The van der Waals surface area contributed by atoms with Crippen LogP contribution in [0, 0.1) is 11.7 Å². The molecule has 0 N–H and O–H groups in total. The quantitative estimate of drug-likeness (QED) is 0.419. The van der Waals surface area contributed by atoms with E-state index in [2.05, 4.69) is 0 Å². The Kier molecular flexibility index (Phi) is 7.94. The van der Waals surface area contributed by atoms with Gasteiger partial charge in [-0.1, -0.05) is 26.0 Å². The van der Waals surface area contributed by atoms with Crippen LogP contribution in [0.3, 0.4) is 0 Å². The molecule has 0 fully saturated rings. The molecule has 2 amide bonds. The summed E-state index contributed by atoms with van der Waals surface area (Å²) in [6.45, 7) is 4.90. The summed E-state index contributed by atoms with van der Waals surface area (Å²) in [4.78, 5) is 32.0. The molecule has 1 atom stereocenters. The van der Waals surface area contributed by atoms with Crippen molar-refractivity contribution in [1.29, 1.82) is 0 Å². The van der Waals surface area contributed by atoms with Crippen LogP contribution in [0.1, 0.15) is 46.3 Å². The molecule has 2 aromatic carbocycles. The number of thiophene rings is 1. The van der Waals surface area contributed by atoms with Crippen molar-refractivity contribution in [3.05, 3.63) is 81.3 Å². The molecule has 0 saturated carbocycles. The SMILES string of the molecule is COc1ccc(C(=O)N(CC(=O)N2CCc3sccc3C2c2ccc(F)cc2)CC(C)C)c(OC)c1. The lowest BCUT2D eigenvalue weighted by Crippen LogP contribution is -2.47. The molecule has 1 aliphatic rings. The molecule has 3 aromatic rings. The minimum Gasteiger partial charge on any atom is -0.497 e. The van der Waals surface area contributed by atoms with Gasteiger partial charge in [-0.05, 0) is 59.2 Å². The minimum atomic E-state index is -0.320. The van der Waals surface area contributed by atoms with Gasteiger partial charge in [0.05, 0.1) is 25.8 Å². The monoisotopic (exact) mass is 510 g/mol. The highest BCUT2D eigenvalue weighted by Gasteiger charge is 2.34. The number of nitrogens with zero attached hydrogens (tertiary/aromatic N) is 2. The van der Waals surface area contributed by atoms with E-state index >= 15 is 0 Å². The average Bonchev–Trinajstić information content (AvgIpc) is 3.36. The van der Waals surface area contributed by atoms with Crippen LogP contribution < -0.4 is 9.47 Å². The number of hydrogen-bond acceptors (Lipinski definition) is 5. The molecule has 6 nitrogen and oxygen atoms in total. The lowest BCUT2D eigenvalue weighted by molar-refractivity contribution is -0.134. The Morgan fingerprint density at radius 2 is 1.86 bits per heavy atom. The average molecular weight is 511 g/mol. The van der Waals surface area contributed by atoms with Crippen molar-refractivity contribution in [1.82, 2.24) is 9.80 Å².